The van der Waals surface area contributed by atoms with Crippen molar-refractivity contribution >= 4 is 11.8 Å². The molecule has 2 rings (SSSR count). The van der Waals surface area contributed by atoms with Crippen LogP contribution in [0.25, 0.3) is 0 Å². The van der Waals surface area contributed by atoms with Crippen molar-refractivity contribution in [2.45, 2.75) is 38.1 Å². The number of benzene rings is 1. The van der Waals surface area contributed by atoms with E-state index in [-0.39, 0.29) is 11.6 Å². The second kappa shape index (κ2) is 7.24. The van der Waals surface area contributed by atoms with Crippen LogP contribution in [0.4, 0.5) is 4.39 Å². The van der Waals surface area contributed by atoms with Crippen LogP contribution in [0.5, 0.6) is 5.75 Å². The Morgan fingerprint density at radius 2 is 2.00 bits per heavy atom. The van der Waals surface area contributed by atoms with Gasteiger partial charge in [0.15, 0.2) is 0 Å². The van der Waals surface area contributed by atoms with Crippen LogP contribution in [0, 0.1) is 11.7 Å². The van der Waals surface area contributed by atoms with E-state index in [9.17, 15) is 14.0 Å². The topological polar surface area (TPSA) is 81.4 Å². The minimum absolute atomic E-state index is 0.0618. The fraction of sp³-hybridized carbons (Fsp3) is 0.500. The van der Waals surface area contributed by atoms with Crippen LogP contribution >= 0.6 is 0 Å². The van der Waals surface area contributed by atoms with Gasteiger partial charge in [-0.3, -0.25) is 9.59 Å². The molecule has 22 heavy (non-hydrogen) atoms. The molecule has 0 unspecified atom stereocenters. The van der Waals surface area contributed by atoms with Crippen molar-refractivity contribution in [3.05, 3.63) is 29.6 Å². The summed E-state index contributed by atoms with van der Waals surface area (Å²) in [6.45, 7) is 0. The van der Waals surface area contributed by atoms with Crippen molar-refractivity contribution in [3.63, 3.8) is 0 Å². The van der Waals surface area contributed by atoms with Gasteiger partial charge in [-0.1, -0.05) is 19.3 Å². The molecule has 0 aliphatic heterocycles. The van der Waals surface area contributed by atoms with Gasteiger partial charge < -0.3 is 15.8 Å². The molecule has 0 saturated heterocycles. The first kappa shape index (κ1) is 16.3. The molecule has 1 fully saturated rings. The van der Waals surface area contributed by atoms with Crippen molar-refractivity contribution in [3.8, 4) is 5.75 Å². The number of nitrogens with one attached hydrogen (secondary N) is 1. The highest BCUT2D eigenvalue weighted by Gasteiger charge is 2.30. The van der Waals surface area contributed by atoms with E-state index in [0.29, 0.717) is 18.6 Å². The first-order valence-electron chi connectivity index (χ1n) is 7.46. The molecule has 3 N–H and O–H groups in total. The molecular formula is C16H21FN2O3. The maximum Gasteiger partial charge on any atom is 0.254 e. The lowest BCUT2D eigenvalue weighted by atomic mass is 9.93. The fourth-order valence-electron chi connectivity index (χ4n) is 2.87. The number of nitrogens with two attached hydrogens (primary N) is 1. The average molecular weight is 308 g/mol. The van der Waals surface area contributed by atoms with Gasteiger partial charge in [0, 0.05) is 12.1 Å². The van der Waals surface area contributed by atoms with Crippen LogP contribution in [0.1, 0.15) is 42.5 Å². The predicted molar refractivity (Wildman–Crippen MR) is 80.0 cm³/mol. The zero-order valence-corrected chi connectivity index (χ0v) is 12.6. The molecule has 120 valence electrons. The number of primary amides is 1. The van der Waals surface area contributed by atoms with E-state index in [2.05, 4.69) is 5.32 Å². The third-order valence-corrected chi connectivity index (χ3v) is 4.12. The lowest BCUT2D eigenvalue weighted by Crippen LogP contribution is -2.45. The molecule has 0 heterocycles. The molecule has 1 aromatic carbocycles. The highest BCUT2D eigenvalue weighted by atomic mass is 19.1. The maximum absolute atomic E-state index is 13.9. The Balaban J connectivity index is 2.13. The largest absolute Gasteiger partial charge is 0.497 e. The zero-order chi connectivity index (χ0) is 16.1. The van der Waals surface area contributed by atoms with Crippen LogP contribution in [0.3, 0.4) is 0 Å². The summed E-state index contributed by atoms with van der Waals surface area (Å²) in [6.07, 6.45) is 4.17. The Hall–Kier alpha value is -2.11. The van der Waals surface area contributed by atoms with Crippen LogP contribution in [0.15, 0.2) is 18.2 Å². The van der Waals surface area contributed by atoms with Crippen LogP contribution in [-0.2, 0) is 4.79 Å². The lowest BCUT2D eigenvalue weighted by Gasteiger charge is -2.23. The Kier molecular flexibility index (Phi) is 5.35. The number of ether oxygens (including phenoxy) is 1. The third-order valence-electron chi connectivity index (χ3n) is 4.12. The van der Waals surface area contributed by atoms with E-state index >= 15 is 0 Å². The van der Waals surface area contributed by atoms with E-state index in [1.54, 1.807) is 0 Å². The maximum atomic E-state index is 13.9. The molecule has 1 aromatic rings. The number of hydrogen-bond acceptors (Lipinski definition) is 3. The molecule has 0 aromatic heterocycles. The number of rotatable bonds is 4. The van der Waals surface area contributed by atoms with E-state index < -0.39 is 23.5 Å². The summed E-state index contributed by atoms with van der Waals surface area (Å²) in [5, 5.41) is 2.76. The first-order valence-corrected chi connectivity index (χ1v) is 7.46. The smallest absolute Gasteiger partial charge is 0.254 e. The van der Waals surface area contributed by atoms with Gasteiger partial charge in [0.1, 0.15) is 11.6 Å². The van der Waals surface area contributed by atoms with Crippen molar-refractivity contribution in [2.24, 2.45) is 11.7 Å². The van der Waals surface area contributed by atoms with Gasteiger partial charge in [0.25, 0.3) is 5.91 Å². The molecule has 1 aliphatic carbocycles. The summed E-state index contributed by atoms with van der Waals surface area (Å²) in [5.41, 5.74) is 5.37. The standard InChI is InChI=1S/C16H21FN2O3/c1-22-10-7-8-11(13(17)9-10)16(21)19-14-6-4-2-3-5-12(14)15(18)20/h7-9,12,14H,2-6H2,1H3,(H2,18,20)(H,19,21)/t12-,14+/m0/s1. The Morgan fingerprint density at radius 1 is 1.27 bits per heavy atom. The summed E-state index contributed by atoms with van der Waals surface area (Å²) in [5.74, 6) is -1.65. The van der Waals surface area contributed by atoms with Gasteiger partial charge in [-0.2, -0.15) is 0 Å². The number of methoxy groups -OCH3 is 1. The van der Waals surface area contributed by atoms with Crippen molar-refractivity contribution < 1.29 is 18.7 Å². The van der Waals surface area contributed by atoms with Gasteiger partial charge in [-0.15, -0.1) is 0 Å². The zero-order valence-electron chi connectivity index (χ0n) is 12.6. The predicted octanol–water partition coefficient (Wildman–Crippen LogP) is 2.00. The number of hydrogen-bond donors (Lipinski definition) is 2. The Labute approximate surface area is 129 Å². The molecule has 1 aliphatic rings. The SMILES string of the molecule is COc1ccc(C(=O)N[C@@H]2CCCCC[C@@H]2C(N)=O)c(F)c1. The highest BCUT2D eigenvalue weighted by molar-refractivity contribution is 5.95. The normalized spacial score (nSPS) is 21.7. The number of carbonyl (C=O) groups excluding carboxylic acids is 2. The van der Waals surface area contributed by atoms with E-state index in [4.69, 9.17) is 10.5 Å². The van der Waals surface area contributed by atoms with E-state index in [1.807, 2.05) is 0 Å². The molecule has 0 radical (unpaired) electrons. The van der Waals surface area contributed by atoms with Gasteiger partial charge >= 0.3 is 0 Å². The monoisotopic (exact) mass is 308 g/mol. The lowest BCUT2D eigenvalue weighted by molar-refractivity contribution is -0.122. The molecule has 6 heteroatoms. The quantitative estimate of drug-likeness (QED) is 0.835. The minimum atomic E-state index is -0.652. The van der Waals surface area contributed by atoms with Crippen LogP contribution in [-0.4, -0.2) is 25.0 Å². The Morgan fingerprint density at radius 3 is 2.64 bits per heavy atom. The first-order chi connectivity index (χ1) is 10.5. The van der Waals surface area contributed by atoms with E-state index in [1.165, 1.54) is 19.2 Å². The number of halogens is 1. The molecule has 0 bridgehead atoms. The van der Waals surface area contributed by atoms with Crippen molar-refractivity contribution in [2.75, 3.05) is 7.11 Å². The summed E-state index contributed by atoms with van der Waals surface area (Å²) >= 11 is 0. The molecule has 2 amide bonds. The molecule has 1 saturated carbocycles. The third kappa shape index (κ3) is 3.75. The number of amides is 2. The number of carbonyl (C=O) groups is 2. The molecule has 2 atom stereocenters. The highest BCUT2D eigenvalue weighted by Crippen LogP contribution is 2.24. The van der Waals surface area contributed by atoms with Crippen molar-refractivity contribution in [1.29, 1.82) is 0 Å². The van der Waals surface area contributed by atoms with E-state index in [0.717, 1.165) is 25.3 Å². The molecule has 0 spiro atoms. The van der Waals surface area contributed by atoms with Gasteiger partial charge in [-0.05, 0) is 25.0 Å². The second-order valence-corrected chi connectivity index (χ2v) is 5.57. The van der Waals surface area contributed by atoms with Crippen LogP contribution in [0.2, 0.25) is 0 Å². The summed E-state index contributed by atoms with van der Waals surface area (Å²) in [6, 6.07) is 3.72. The summed E-state index contributed by atoms with van der Waals surface area (Å²) < 4.78 is 18.9. The van der Waals surface area contributed by atoms with Crippen LogP contribution < -0.4 is 15.8 Å². The average Bonchev–Trinajstić information content (AvgIpc) is 2.72. The van der Waals surface area contributed by atoms with Gasteiger partial charge in [0.05, 0.1) is 18.6 Å². The van der Waals surface area contributed by atoms with Crippen molar-refractivity contribution in [1.82, 2.24) is 5.32 Å². The van der Waals surface area contributed by atoms with Gasteiger partial charge in [-0.25, -0.2) is 4.39 Å². The molecular weight excluding hydrogens is 287 g/mol. The summed E-state index contributed by atoms with van der Waals surface area (Å²) in [4.78, 5) is 23.8. The minimum Gasteiger partial charge on any atom is -0.497 e. The fourth-order valence-corrected chi connectivity index (χ4v) is 2.87. The molecule has 5 nitrogen and oxygen atoms in total. The second-order valence-electron chi connectivity index (χ2n) is 5.57. The van der Waals surface area contributed by atoms with Gasteiger partial charge in [0.2, 0.25) is 5.91 Å². The Bertz CT molecular complexity index is 562. The summed E-state index contributed by atoms with van der Waals surface area (Å²) in [7, 11) is 1.43.